The lowest BCUT2D eigenvalue weighted by Gasteiger charge is -2.43. The predicted molar refractivity (Wildman–Crippen MR) is 138 cm³/mol. The molecular formula is C26H33FN6O4. The number of benzene rings is 2. The van der Waals surface area contributed by atoms with E-state index in [9.17, 15) is 18.8 Å². The van der Waals surface area contributed by atoms with E-state index in [1.807, 2.05) is 0 Å². The van der Waals surface area contributed by atoms with Crippen molar-refractivity contribution in [3.63, 3.8) is 0 Å². The number of nitrogens with one attached hydrogen (secondary N) is 3. The molecule has 1 aliphatic heterocycles. The number of carbonyl (C=O) groups is 3. The third-order valence-corrected chi connectivity index (χ3v) is 6.70. The number of nitrogens with two attached hydrogens (primary N) is 1. The highest BCUT2D eigenvalue weighted by Gasteiger charge is 2.41. The number of carbonyl (C=O) groups excluding carboxylic acids is 3. The molecule has 198 valence electrons. The second kappa shape index (κ2) is 11.9. The molecule has 0 spiro atoms. The summed E-state index contributed by atoms with van der Waals surface area (Å²) in [7, 11) is 1.55. The SMILES string of the molecule is COc1ccc(NC(=O)N2CCCN(C(=O)Nc3ccc(F)cc3)C2C(=O)NC2CCC(N)CC2)cc1. The molecular weight excluding hydrogens is 479 g/mol. The Morgan fingerprint density at radius 3 is 1.89 bits per heavy atom. The molecule has 2 aromatic carbocycles. The molecule has 2 aliphatic rings. The van der Waals surface area contributed by atoms with Gasteiger partial charge >= 0.3 is 12.1 Å². The van der Waals surface area contributed by atoms with E-state index < -0.39 is 30.0 Å². The van der Waals surface area contributed by atoms with Crippen molar-refractivity contribution in [1.82, 2.24) is 15.1 Å². The van der Waals surface area contributed by atoms with Crippen molar-refractivity contribution >= 4 is 29.3 Å². The van der Waals surface area contributed by atoms with E-state index >= 15 is 0 Å². The number of ether oxygens (including phenoxy) is 1. The van der Waals surface area contributed by atoms with Crippen LogP contribution in [0.15, 0.2) is 48.5 Å². The molecule has 5 amide bonds. The number of amides is 5. The second-order valence-electron chi connectivity index (χ2n) is 9.33. The molecule has 5 N–H and O–H groups in total. The quantitative estimate of drug-likeness (QED) is 0.489. The summed E-state index contributed by atoms with van der Waals surface area (Å²) in [6.07, 6.45) is 2.38. The third-order valence-electron chi connectivity index (χ3n) is 6.70. The van der Waals surface area contributed by atoms with E-state index in [2.05, 4.69) is 16.0 Å². The van der Waals surface area contributed by atoms with Gasteiger partial charge in [0.25, 0.3) is 5.91 Å². The number of hydrogen-bond donors (Lipinski definition) is 4. The smallest absolute Gasteiger partial charge is 0.323 e. The first-order chi connectivity index (χ1) is 17.8. The first kappa shape index (κ1) is 26.2. The lowest BCUT2D eigenvalue weighted by atomic mass is 9.92. The normalized spacial score (nSPS) is 21.6. The molecule has 1 unspecified atom stereocenters. The van der Waals surface area contributed by atoms with Crippen LogP contribution in [0.3, 0.4) is 0 Å². The van der Waals surface area contributed by atoms with E-state index in [-0.39, 0.29) is 25.2 Å². The largest absolute Gasteiger partial charge is 0.497 e. The lowest BCUT2D eigenvalue weighted by molar-refractivity contribution is -0.132. The van der Waals surface area contributed by atoms with E-state index in [1.54, 1.807) is 31.4 Å². The minimum Gasteiger partial charge on any atom is -0.497 e. The summed E-state index contributed by atoms with van der Waals surface area (Å²) in [5.74, 6) is -0.217. The first-order valence-electron chi connectivity index (χ1n) is 12.4. The van der Waals surface area contributed by atoms with Gasteiger partial charge < -0.3 is 26.4 Å². The van der Waals surface area contributed by atoms with Gasteiger partial charge in [-0.1, -0.05) is 0 Å². The highest BCUT2D eigenvalue weighted by atomic mass is 19.1. The molecule has 2 aromatic rings. The van der Waals surface area contributed by atoms with Crippen LogP contribution < -0.4 is 26.4 Å². The van der Waals surface area contributed by atoms with Gasteiger partial charge in [-0.25, -0.2) is 14.0 Å². The van der Waals surface area contributed by atoms with Crippen molar-refractivity contribution in [2.45, 2.75) is 50.4 Å². The van der Waals surface area contributed by atoms with Crippen molar-refractivity contribution in [1.29, 1.82) is 0 Å². The van der Waals surface area contributed by atoms with Crippen LogP contribution in [0.1, 0.15) is 32.1 Å². The predicted octanol–water partition coefficient (Wildman–Crippen LogP) is 3.32. The first-order valence-corrected chi connectivity index (χ1v) is 12.4. The van der Waals surface area contributed by atoms with E-state index in [0.29, 0.717) is 23.5 Å². The minimum absolute atomic E-state index is 0.0808. The summed E-state index contributed by atoms with van der Waals surface area (Å²) >= 11 is 0. The number of urea groups is 2. The standard InChI is InChI=1S/C26H33FN6O4/c1-37-22-13-11-21(12-14-22)31-26(36)33-16-2-15-32(25(35)30-20-7-3-17(27)4-8-20)24(33)23(34)29-19-9-5-18(28)6-10-19/h3-4,7-8,11-14,18-19,24H,2,5-6,9-10,15-16,28H2,1H3,(H,29,34)(H,30,35)(H,31,36). The molecule has 11 heteroatoms. The zero-order chi connectivity index (χ0) is 26.4. The average Bonchev–Trinajstić information content (AvgIpc) is 2.91. The van der Waals surface area contributed by atoms with Crippen LogP contribution in [0.25, 0.3) is 0 Å². The summed E-state index contributed by atoms with van der Waals surface area (Å²) in [5.41, 5.74) is 6.91. The molecule has 1 aliphatic carbocycles. The summed E-state index contributed by atoms with van der Waals surface area (Å²) in [5, 5.41) is 8.54. The highest BCUT2D eigenvalue weighted by molar-refractivity contribution is 5.98. The fourth-order valence-electron chi connectivity index (χ4n) is 4.67. The Morgan fingerprint density at radius 2 is 1.38 bits per heavy atom. The Balaban J connectivity index is 1.53. The van der Waals surface area contributed by atoms with Crippen LogP contribution in [0.4, 0.5) is 25.4 Å². The molecule has 1 saturated carbocycles. The van der Waals surface area contributed by atoms with Crippen molar-refractivity contribution in [3.8, 4) is 5.75 Å². The molecule has 0 bridgehead atoms. The molecule has 37 heavy (non-hydrogen) atoms. The number of halogens is 1. The van der Waals surface area contributed by atoms with E-state index in [4.69, 9.17) is 10.5 Å². The van der Waals surface area contributed by atoms with Crippen LogP contribution in [-0.4, -0.2) is 66.2 Å². The van der Waals surface area contributed by atoms with Gasteiger partial charge in [0, 0.05) is 36.5 Å². The number of anilines is 2. The topological polar surface area (TPSA) is 129 Å². The van der Waals surface area contributed by atoms with Crippen molar-refractivity contribution in [2.24, 2.45) is 5.73 Å². The van der Waals surface area contributed by atoms with Crippen LogP contribution in [0.2, 0.25) is 0 Å². The minimum atomic E-state index is -1.16. The number of hydrogen-bond acceptors (Lipinski definition) is 5. The summed E-state index contributed by atoms with van der Waals surface area (Å²) in [6, 6.07) is 11.1. The van der Waals surface area contributed by atoms with Crippen molar-refractivity contribution in [3.05, 3.63) is 54.3 Å². The maximum absolute atomic E-state index is 13.6. The summed E-state index contributed by atoms with van der Waals surface area (Å²) in [6.45, 7) is 0.558. The number of methoxy groups -OCH3 is 1. The van der Waals surface area contributed by atoms with Crippen molar-refractivity contribution in [2.75, 3.05) is 30.8 Å². The fourth-order valence-corrected chi connectivity index (χ4v) is 4.67. The molecule has 0 aromatic heterocycles. The third kappa shape index (κ3) is 6.67. The van der Waals surface area contributed by atoms with Gasteiger partial charge in [-0.2, -0.15) is 0 Å². The van der Waals surface area contributed by atoms with Crippen LogP contribution in [0.5, 0.6) is 5.75 Å². The highest BCUT2D eigenvalue weighted by Crippen LogP contribution is 2.22. The van der Waals surface area contributed by atoms with Crippen LogP contribution in [-0.2, 0) is 4.79 Å². The van der Waals surface area contributed by atoms with Crippen LogP contribution >= 0.6 is 0 Å². The van der Waals surface area contributed by atoms with E-state index in [0.717, 1.165) is 25.7 Å². The Labute approximate surface area is 215 Å². The Kier molecular flexibility index (Phi) is 8.44. The maximum atomic E-state index is 13.6. The molecule has 10 nitrogen and oxygen atoms in total. The Hall–Kier alpha value is -3.86. The monoisotopic (exact) mass is 512 g/mol. The fraction of sp³-hybridized carbons (Fsp3) is 0.423. The average molecular weight is 513 g/mol. The zero-order valence-electron chi connectivity index (χ0n) is 20.8. The molecule has 1 heterocycles. The van der Waals surface area contributed by atoms with Gasteiger partial charge in [0.15, 0.2) is 6.17 Å². The molecule has 2 fully saturated rings. The molecule has 1 saturated heterocycles. The van der Waals surface area contributed by atoms with Gasteiger partial charge in [-0.15, -0.1) is 0 Å². The van der Waals surface area contributed by atoms with Gasteiger partial charge in [0.1, 0.15) is 11.6 Å². The molecule has 1 atom stereocenters. The summed E-state index contributed by atoms with van der Waals surface area (Å²) in [4.78, 5) is 42.8. The number of nitrogens with zero attached hydrogens (tertiary/aromatic N) is 2. The van der Waals surface area contributed by atoms with Gasteiger partial charge in [-0.3, -0.25) is 14.6 Å². The van der Waals surface area contributed by atoms with Gasteiger partial charge in [0.2, 0.25) is 0 Å². The van der Waals surface area contributed by atoms with Gasteiger partial charge in [-0.05, 0) is 80.6 Å². The van der Waals surface area contributed by atoms with Crippen molar-refractivity contribution < 1.29 is 23.5 Å². The number of rotatable bonds is 5. The second-order valence-corrected chi connectivity index (χ2v) is 9.33. The van der Waals surface area contributed by atoms with Crippen LogP contribution in [0, 0.1) is 5.82 Å². The van der Waals surface area contributed by atoms with E-state index in [1.165, 1.54) is 34.1 Å². The molecule has 4 rings (SSSR count). The lowest BCUT2D eigenvalue weighted by Crippen LogP contribution is -2.65. The van der Waals surface area contributed by atoms with Gasteiger partial charge in [0.05, 0.1) is 7.11 Å². The Morgan fingerprint density at radius 1 is 0.865 bits per heavy atom. The molecule has 0 radical (unpaired) electrons. The zero-order valence-corrected chi connectivity index (χ0v) is 20.8. The summed E-state index contributed by atoms with van der Waals surface area (Å²) < 4.78 is 18.5. The Bertz CT molecular complexity index is 1090. The maximum Gasteiger partial charge on any atom is 0.323 e.